The first kappa shape index (κ1) is 16.1. The van der Waals surface area contributed by atoms with Gasteiger partial charge in [-0.3, -0.25) is 4.31 Å². The second-order valence-corrected chi connectivity index (χ2v) is 6.49. The SMILES string of the molecule is COc1cccc(N(C)S(=O)(=O)N(C)CCCCl)c1. The molecule has 0 heterocycles. The highest BCUT2D eigenvalue weighted by molar-refractivity contribution is 7.90. The van der Waals surface area contributed by atoms with Crippen LogP contribution in [-0.4, -0.2) is 46.4 Å². The smallest absolute Gasteiger partial charge is 0.303 e. The standard InChI is InChI=1S/C12H19ClN2O3S/c1-14(9-5-8-13)19(16,17)15(2)11-6-4-7-12(10-11)18-3/h4,6-7,10H,5,8-9H2,1-3H3. The lowest BCUT2D eigenvalue weighted by atomic mass is 10.3. The molecule has 0 spiro atoms. The van der Waals surface area contributed by atoms with E-state index in [1.807, 2.05) is 0 Å². The van der Waals surface area contributed by atoms with E-state index in [2.05, 4.69) is 0 Å². The summed E-state index contributed by atoms with van der Waals surface area (Å²) in [6.45, 7) is 0.389. The van der Waals surface area contributed by atoms with E-state index < -0.39 is 10.2 Å². The summed E-state index contributed by atoms with van der Waals surface area (Å²) in [6, 6.07) is 6.91. The van der Waals surface area contributed by atoms with E-state index in [1.54, 1.807) is 38.4 Å². The molecule has 108 valence electrons. The van der Waals surface area contributed by atoms with Crippen molar-refractivity contribution in [2.45, 2.75) is 6.42 Å². The third-order valence-corrected chi connectivity index (χ3v) is 4.90. The number of benzene rings is 1. The van der Waals surface area contributed by atoms with Gasteiger partial charge in [-0.2, -0.15) is 12.7 Å². The Kier molecular flexibility index (Phi) is 5.90. The van der Waals surface area contributed by atoms with Crippen LogP contribution >= 0.6 is 11.6 Å². The van der Waals surface area contributed by atoms with Crippen molar-refractivity contribution in [2.24, 2.45) is 0 Å². The van der Waals surface area contributed by atoms with Crippen molar-refractivity contribution in [1.82, 2.24) is 4.31 Å². The molecule has 0 aromatic heterocycles. The van der Waals surface area contributed by atoms with Crippen molar-refractivity contribution >= 4 is 27.5 Å². The first-order chi connectivity index (χ1) is 8.93. The quantitative estimate of drug-likeness (QED) is 0.723. The zero-order valence-corrected chi connectivity index (χ0v) is 12.9. The molecule has 0 atom stereocenters. The molecule has 0 bridgehead atoms. The van der Waals surface area contributed by atoms with Crippen LogP contribution in [0.15, 0.2) is 24.3 Å². The molecule has 0 saturated heterocycles. The van der Waals surface area contributed by atoms with Gasteiger partial charge in [-0.15, -0.1) is 11.6 Å². The predicted molar refractivity (Wildman–Crippen MR) is 78.3 cm³/mol. The maximum absolute atomic E-state index is 12.3. The van der Waals surface area contributed by atoms with Crippen LogP contribution in [-0.2, 0) is 10.2 Å². The summed E-state index contributed by atoms with van der Waals surface area (Å²) >= 11 is 5.58. The van der Waals surface area contributed by atoms with Crippen LogP contribution in [0.25, 0.3) is 0 Å². The minimum Gasteiger partial charge on any atom is -0.497 e. The zero-order valence-electron chi connectivity index (χ0n) is 11.3. The Hall–Kier alpha value is -0.980. The lowest BCUT2D eigenvalue weighted by Crippen LogP contribution is -2.40. The largest absolute Gasteiger partial charge is 0.497 e. The van der Waals surface area contributed by atoms with Crippen LogP contribution in [0.3, 0.4) is 0 Å². The number of ether oxygens (including phenoxy) is 1. The number of rotatable bonds is 7. The highest BCUT2D eigenvalue weighted by atomic mass is 35.5. The molecule has 19 heavy (non-hydrogen) atoms. The van der Waals surface area contributed by atoms with E-state index in [1.165, 1.54) is 15.7 Å². The molecule has 0 aliphatic heterocycles. The number of hydrogen-bond acceptors (Lipinski definition) is 3. The van der Waals surface area contributed by atoms with Crippen molar-refractivity contribution < 1.29 is 13.2 Å². The van der Waals surface area contributed by atoms with E-state index in [4.69, 9.17) is 16.3 Å². The third-order valence-electron chi connectivity index (χ3n) is 2.76. The summed E-state index contributed by atoms with van der Waals surface area (Å²) in [7, 11) is 1.06. The maximum atomic E-state index is 12.3. The monoisotopic (exact) mass is 306 g/mol. The number of anilines is 1. The molecule has 0 saturated carbocycles. The van der Waals surface area contributed by atoms with Gasteiger partial charge in [0.05, 0.1) is 12.8 Å². The number of alkyl halides is 1. The Morgan fingerprint density at radius 2 is 2.00 bits per heavy atom. The van der Waals surface area contributed by atoms with E-state index in [9.17, 15) is 8.42 Å². The topological polar surface area (TPSA) is 49.9 Å². The van der Waals surface area contributed by atoms with Crippen LogP contribution < -0.4 is 9.04 Å². The molecule has 1 aromatic carbocycles. The molecule has 1 aromatic rings. The predicted octanol–water partition coefficient (Wildman–Crippen LogP) is 1.94. The van der Waals surface area contributed by atoms with Gasteiger partial charge in [-0.05, 0) is 18.6 Å². The molecule has 0 unspecified atom stereocenters. The van der Waals surface area contributed by atoms with Crippen LogP contribution in [0.1, 0.15) is 6.42 Å². The van der Waals surface area contributed by atoms with Gasteiger partial charge in [-0.25, -0.2) is 0 Å². The Morgan fingerprint density at radius 1 is 1.32 bits per heavy atom. The fourth-order valence-corrected chi connectivity index (χ4v) is 2.82. The van der Waals surface area contributed by atoms with E-state index in [0.717, 1.165) is 0 Å². The molecule has 0 N–H and O–H groups in total. The summed E-state index contributed by atoms with van der Waals surface area (Å²) in [5.41, 5.74) is 0.553. The maximum Gasteiger partial charge on any atom is 0.303 e. The second kappa shape index (κ2) is 6.98. The summed E-state index contributed by atoms with van der Waals surface area (Å²) in [5, 5.41) is 0. The molecular formula is C12H19ClN2O3S. The molecule has 1 rings (SSSR count). The Balaban J connectivity index is 2.93. The van der Waals surface area contributed by atoms with Crippen molar-refractivity contribution in [3.8, 4) is 5.75 Å². The molecule has 0 aliphatic carbocycles. The van der Waals surface area contributed by atoms with Gasteiger partial charge in [-0.1, -0.05) is 6.07 Å². The summed E-state index contributed by atoms with van der Waals surface area (Å²) in [4.78, 5) is 0. The van der Waals surface area contributed by atoms with Crippen LogP contribution in [0.5, 0.6) is 5.75 Å². The first-order valence-electron chi connectivity index (χ1n) is 5.83. The van der Waals surface area contributed by atoms with Crippen LogP contribution in [0, 0.1) is 0 Å². The van der Waals surface area contributed by atoms with Gasteiger partial charge in [0.15, 0.2) is 0 Å². The summed E-state index contributed by atoms with van der Waals surface area (Å²) < 4.78 is 32.2. The van der Waals surface area contributed by atoms with Crippen molar-refractivity contribution in [2.75, 3.05) is 37.9 Å². The first-order valence-corrected chi connectivity index (χ1v) is 7.77. The molecule has 7 heteroatoms. The van der Waals surface area contributed by atoms with Gasteiger partial charge in [0, 0.05) is 32.6 Å². The Bertz CT molecular complexity index is 507. The van der Waals surface area contributed by atoms with E-state index >= 15 is 0 Å². The lowest BCUT2D eigenvalue weighted by molar-refractivity contribution is 0.415. The normalized spacial score (nSPS) is 11.6. The van der Waals surface area contributed by atoms with Gasteiger partial charge >= 0.3 is 10.2 Å². The molecule has 0 aliphatic rings. The third kappa shape index (κ3) is 3.99. The second-order valence-electron chi connectivity index (χ2n) is 4.04. The van der Waals surface area contributed by atoms with E-state index in [-0.39, 0.29) is 0 Å². The van der Waals surface area contributed by atoms with Gasteiger partial charge in [0.1, 0.15) is 5.75 Å². The van der Waals surface area contributed by atoms with Gasteiger partial charge in [0.2, 0.25) is 0 Å². The fourth-order valence-electron chi connectivity index (χ4n) is 1.55. The molecule has 0 fully saturated rings. The lowest BCUT2D eigenvalue weighted by Gasteiger charge is -2.25. The van der Waals surface area contributed by atoms with Gasteiger partial charge in [0.25, 0.3) is 0 Å². The number of nitrogens with zero attached hydrogens (tertiary/aromatic N) is 2. The zero-order chi connectivity index (χ0) is 14.5. The average Bonchev–Trinajstić information content (AvgIpc) is 2.43. The minimum atomic E-state index is -3.54. The molecular weight excluding hydrogens is 288 g/mol. The molecule has 5 nitrogen and oxygen atoms in total. The Morgan fingerprint density at radius 3 is 2.58 bits per heavy atom. The van der Waals surface area contributed by atoms with Crippen molar-refractivity contribution in [3.05, 3.63) is 24.3 Å². The summed E-state index contributed by atoms with van der Waals surface area (Å²) in [5.74, 6) is 1.05. The highest BCUT2D eigenvalue weighted by Crippen LogP contribution is 2.23. The molecule has 0 amide bonds. The van der Waals surface area contributed by atoms with E-state index in [0.29, 0.717) is 30.3 Å². The fraction of sp³-hybridized carbons (Fsp3) is 0.500. The van der Waals surface area contributed by atoms with Crippen molar-refractivity contribution in [1.29, 1.82) is 0 Å². The number of halogens is 1. The highest BCUT2D eigenvalue weighted by Gasteiger charge is 2.23. The van der Waals surface area contributed by atoms with Crippen molar-refractivity contribution in [3.63, 3.8) is 0 Å². The average molecular weight is 307 g/mol. The number of methoxy groups -OCH3 is 1. The van der Waals surface area contributed by atoms with Gasteiger partial charge < -0.3 is 4.74 Å². The van der Waals surface area contributed by atoms with Crippen LogP contribution in [0.2, 0.25) is 0 Å². The summed E-state index contributed by atoms with van der Waals surface area (Å²) in [6.07, 6.45) is 0.614. The minimum absolute atomic E-state index is 0.389. The number of hydrogen-bond donors (Lipinski definition) is 0. The Labute approximate surface area is 119 Å². The molecule has 0 radical (unpaired) electrons. The van der Waals surface area contributed by atoms with Crippen LogP contribution in [0.4, 0.5) is 5.69 Å².